The minimum atomic E-state index is -1.57. The van der Waals surface area contributed by atoms with Crippen LogP contribution in [0.1, 0.15) is 13.8 Å². The number of hydrogen-bond acceptors (Lipinski definition) is 2. The lowest BCUT2D eigenvalue weighted by Crippen LogP contribution is -2.33. The number of benzene rings is 1. The molecule has 1 aromatic carbocycles. The van der Waals surface area contributed by atoms with Crippen molar-refractivity contribution < 1.29 is 23.1 Å². The summed E-state index contributed by atoms with van der Waals surface area (Å²) >= 11 is 0. The molecular formula is C14H16F3NO2. The van der Waals surface area contributed by atoms with Crippen LogP contribution in [0.15, 0.2) is 24.3 Å². The molecule has 110 valence electrons. The average Bonchev–Trinajstić information content (AvgIpc) is 2.34. The highest BCUT2D eigenvalue weighted by Crippen LogP contribution is 2.25. The van der Waals surface area contributed by atoms with E-state index in [0.717, 1.165) is 12.1 Å². The molecular weight excluding hydrogens is 271 g/mol. The molecule has 0 aliphatic carbocycles. The van der Waals surface area contributed by atoms with Crippen LogP contribution >= 0.6 is 0 Å². The summed E-state index contributed by atoms with van der Waals surface area (Å²) in [4.78, 5) is 12.2. The first-order valence-electron chi connectivity index (χ1n) is 5.99. The first-order chi connectivity index (χ1) is 9.23. The third-order valence-corrected chi connectivity index (χ3v) is 2.73. The van der Waals surface area contributed by atoms with E-state index >= 15 is 0 Å². The Labute approximate surface area is 115 Å². The second-order valence-corrected chi connectivity index (χ2v) is 4.77. The van der Waals surface area contributed by atoms with Crippen LogP contribution < -0.4 is 4.90 Å². The molecule has 0 aliphatic rings. The number of halogens is 3. The summed E-state index contributed by atoms with van der Waals surface area (Å²) in [5.41, 5.74) is 0.465. The molecule has 1 aromatic rings. The monoisotopic (exact) mass is 287 g/mol. The van der Waals surface area contributed by atoms with Gasteiger partial charge in [-0.05, 0) is 19.1 Å². The standard InChI is InChI=1S/C14H16F3NO2/c1-8(2)6-18(7-9(3)14(19)20)11-5-4-10(15)12(16)13(11)17/h4-5,9H,1,6-7H2,2-3H3,(H,19,20). The molecule has 1 unspecified atom stereocenters. The van der Waals surface area contributed by atoms with Gasteiger partial charge in [0.25, 0.3) is 0 Å². The zero-order chi connectivity index (χ0) is 15.4. The summed E-state index contributed by atoms with van der Waals surface area (Å²) in [6, 6.07) is 1.90. The molecule has 0 spiro atoms. The lowest BCUT2D eigenvalue weighted by Gasteiger charge is -2.27. The quantitative estimate of drug-likeness (QED) is 0.645. The van der Waals surface area contributed by atoms with Crippen molar-refractivity contribution in [1.82, 2.24) is 0 Å². The third kappa shape index (κ3) is 3.76. The Kier molecular flexibility index (Phi) is 5.19. The van der Waals surface area contributed by atoms with E-state index in [0.29, 0.717) is 5.57 Å². The predicted molar refractivity (Wildman–Crippen MR) is 70.1 cm³/mol. The molecule has 0 saturated carbocycles. The zero-order valence-corrected chi connectivity index (χ0v) is 11.3. The van der Waals surface area contributed by atoms with Gasteiger partial charge in [-0.15, -0.1) is 0 Å². The van der Waals surface area contributed by atoms with Gasteiger partial charge in [-0.3, -0.25) is 4.79 Å². The van der Waals surface area contributed by atoms with Crippen LogP contribution in [-0.4, -0.2) is 24.2 Å². The van der Waals surface area contributed by atoms with E-state index in [1.54, 1.807) is 6.92 Å². The summed E-state index contributed by atoms with van der Waals surface area (Å²) in [6.07, 6.45) is 0. The molecule has 0 amide bonds. The Hall–Kier alpha value is -1.98. The van der Waals surface area contributed by atoms with E-state index < -0.39 is 29.3 Å². The number of carbonyl (C=O) groups is 1. The fourth-order valence-corrected chi connectivity index (χ4v) is 1.74. The lowest BCUT2D eigenvalue weighted by atomic mass is 10.1. The van der Waals surface area contributed by atoms with Crippen molar-refractivity contribution in [2.45, 2.75) is 13.8 Å². The van der Waals surface area contributed by atoms with Gasteiger partial charge in [-0.1, -0.05) is 19.1 Å². The van der Waals surface area contributed by atoms with Crippen LogP contribution in [0.5, 0.6) is 0 Å². The van der Waals surface area contributed by atoms with Crippen molar-refractivity contribution in [2.24, 2.45) is 5.92 Å². The number of aliphatic carboxylic acids is 1. The number of carboxylic acids is 1. The summed E-state index contributed by atoms with van der Waals surface area (Å²) in [6.45, 7) is 6.90. The van der Waals surface area contributed by atoms with Crippen LogP contribution in [0.2, 0.25) is 0 Å². The maximum atomic E-state index is 13.8. The lowest BCUT2D eigenvalue weighted by molar-refractivity contribution is -0.140. The molecule has 0 bridgehead atoms. The molecule has 20 heavy (non-hydrogen) atoms. The van der Waals surface area contributed by atoms with Crippen LogP contribution in [0, 0.1) is 23.4 Å². The highest BCUT2D eigenvalue weighted by Gasteiger charge is 2.22. The van der Waals surface area contributed by atoms with Crippen molar-refractivity contribution in [1.29, 1.82) is 0 Å². The first kappa shape index (κ1) is 16.1. The zero-order valence-electron chi connectivity index (χ0n) is 11.3. The predicted octanol–water partition coefficient (Wildman–Crippen LogP) is 3.21. The number of rotatable bonds is 6. The molecule has 3 nitrogen and oxygen atoms in total. The number of nitrogens with zero attached hydrogens (tertiary/aromatic N) is 1. The van der Waals surface area contributed by atoms with Gasteiger partial charge in [0.2, 0.25) is 0 Å². The van der Waals surface area contributed by atoms with E-state index in [1.165, 1.54) is 11.8 Å². The van der Waals surface area contributed by atoms with Gasteiger partial charge >= 0.3 is 5.97 Å². The summed E-state index contributed by atoms with van der Waals surface area (Å²) in [7, 11) is 0. The van der Waals surface area contributed by atoms with Crippen LogP contribution in [0.3, 0.4) is 0 Å². The smallest absolute Gasteiger partial charge is 0.308 e. The summed E-state index contributed by atoms with van der Waals surface area (Å²) in [5, 5.41) is 8.90. The van der Waals surface area contributed by atoms with Gasteiger partial charge in [0, 0.05) is 13.1 Å². The normalized spacial score (nSPS) is 12.1. The Bertz CT molecular complexity index is 531. The highest BCUT2D eigenvalue weighted by atomic mass is 19.2. The minimum Gasteiger partial charge on any atom is -0.481 e. The van der Waals surface area contributed by atoms with Crippen molar-refractivity contribution in [3.63, 3.8) is 0 Å². The minimum absolute atomic E-state index is 0.0375. The fraction of sp³-hybridized carbons (Fsp3) is 0.357. The van der Waals surface area contributed by atoms with E-state index in [-0.39, 0.29) is 18.8 Å². The van der Waals surface area contributed by atoms with Crippen LogP contribution in [0.25, 0.3) is 0 Å². The van der Waals surface area contributed by atoms with Crippen molar-refractivity contribution >= 4 is 11.7 Å². The Balaban J connectivity index is 3.14. The molecule has 1 N–H and O–H groups in total. The molecule has 0 heterocycles. The van der Waals surface area contributed by atoms with Crippen molar-refractivity contribution in [2.75, 3.05) is 18.0 Å². The molecule has 0 aromatic heterocycles. The van der Waals surface area contributed by atoms with Crippen molar-refractivity contribution in [3.8, 4) is 0 Å². The summed E-state index contributed by atoms with van der Waals surface area (Å²) < 4.78 is 40.0. The number of anilines is 1. The average molecular weight is 287 g/mol. The van der Waals surface area contributed by atoms with E-state index in [2.05, 4.69) is 6.58 Å². The van der Waals surface area contributed by atoms with Gasteiger partial charge in [-0.2, -0.15) is 0 Å². The SMILES string of the molecule is C=C(C)CN(CC(C)C(=O)O)c1ccc(F)c(F)c1F. The fourth-order valence-electron chi connectivity index (χ4n) is 1.74. The third-order valence-electron chi connectivity index (χ3n) is 2.73. The first-order valence-corrected chi connectivity index (χ1v) is 5.99. The molecule has 0 aliphatic heterocycles. The van der Waals surface area contributed by atoms with Gasteiger partial charge in [0.05, 0.1) is 11.6 Å². The Morgan fingerprint density at radius 2 is 1.95 bits per heavy atom. The molecule has 0 radical (unpaired) electrons. The maximum Gasteiger partial charge on any atom is 0.308 e. The van der Waals surface area contributed by atoms with Gasteiger partial charge < -0.3 is 10.0 Å². The second kappa shape index (κ2) is 6.45. The van der Waals surface area contributed by atoms with Gasteiger partial charge in [0.15, 0.2) is 17.5 Å². The van der Waals surface area contributed by atoms with E-state index in [9.17, 15) is 18.0 Å². The molecule has 1 rings (SSSR count). The molecule has 0 fully saturated rings. The maximum absolute atomic E-state index is 13.8. The van der Waals surface area contributed by atoms with Crippen LogP contribution in [-0.2, 0) is 4.79 Å². The van der Waals surface area contributed by atoms with Crippen LogP contribution in [0.4, 0.5) is 18.9 Å². The van der Waals surface area contributed by atoms with Gasteiger partial charge in [-0.25, -0.2) is 13.2 Å². The number of hydrogen-bond donors (Lipinski definition) is 1. The Morgan fingerprint density at radius 1 is 1.35 bits per heavy atom. The second-order valence-electron chi connectivity index (χ2n) is 4.77. The topological polar surface area (TPSA) is 40.5 Å². The number of carboxylic acid groups (broad SMARTS) is 1. The molecule has 0 saturated heterocycles. The van der Waals surface area contributed by atoms with E-state index in [4.69, 9.17) is 5.11 Å². The molecule has 6 heteroatoms. The highest BCUT2D eigenvalue weighted by molar-refractivity contribution is 5.70. The Morgan fingerprint density at radius 3 is 2.45 bits per heavy atom. The molecule has 1 atom stereocenters. The largest absolute Gasteiger partial charge is 0.481 e. The van der Waals surface area contributed by atoms with Gasteiger partial charge in [0.1, 0.15) is 0 Å². The summed E-state index contributed by atoms with van der Waals surface area (Å²) in [5.74, 6) is -6.03. The van der Waals surface area contributed by atoms with Crippen molar-refractivity contribution in [3.05, 3.63) is 41.7 Å². The van der Waals surface area contributed by atoms with E-state index in [1.807, 2.05) is 0 Å².